The van der Waals surface area contributed by atoms with Gasteiger partial charge >= 0.3 is 5.97 Å². The molecule has 0 bridgehead atoms. The Bertz CT molecular complexity index is 578. The standard InChI is InChI=1S/C12H9F2NO2S/c1-6-9(12(16)17)18-11(15-6)8-4-2-7(3-5-8)10(13)14/h2-5,10H,1H3,(H,16,17). The van der Waals surface area contributed by atoms with E-state index >= 15 is 0 Å². The first kappa shape index (κ1) is 12.6. The Morgan fingerprint density at radius 3 is 2.39 bits per heavy atom. The van der Waals surface area contributed by atoms with Gasteiger partial charge in [0.25, 0.3) is 6.43 Å². The van der Waals surface area contributed by atoms with Gasteiger partial charge in [-0.15, -0.1) is 11.3 Å². The van der Waals surface area contributed by atoms with Gasteiger partial charge in [0.1, 0.15) is 9.88 Å². The first-order chi connectivity index (χ1) is 8.49. The van der Waals surface area contributed by atoms with Gasteiger partial charge in [-0.1, -0.05) is 24.3 Å². The normalized spacial score (nSPS) is 10.9. The third kappa shape index (κ3) is 2.38. The van der Waals surface area contributed by atoms with Gasteiger partial charge in [-0.2, -0.15) is 0 Å². The fourth-order valence-electron chi connectivity index (χ4n) is 1.49. The van der Waals surface area contributed by atoms with Gasteiger partial charge in [-0.05, 0) is 6.92 Å². The van der Waals surface area contributed by atoms with Crippen LogP contribution < -0.4 is 0 Å². The van der Waals surface area contributed by atoms with Crippen molar-refractivity contribution in [2.75, 3.05) is 0 Å². The molecule has 1 aromatic carbocycles. The summed E-state index contributed by atoms with van der Waals surface area (Å²) < 4.78 is 24.8. The number of halogens is 2. The summed E-state index contributed by atoms with van der Waals surface area (Å²) in [7, 11) is 0. The second kappa shape index (κ2) is 4.81. The maximum Gasteiger partial charge on any atom is 0.347 e. The fraction of sp³-hybridized carbons (Fsp3) is 0.167. The molecule has 2 aromatic rings. The van der Waals surface area contributed by atoms with Crippen molar-refractivity contribution in [2.45, 2.75) is 13.3 Å². The van der Waals surface area contributed by atoms with Gasteiger partial charge in [0.15, 0.2) is 0 Å². The van der Waals surface area contributed by atoms with E-state index in [1.807, 2.05) is 0 Å². The van der Waals surface area contributed by atoms with Crippen LogP contribution in [0.4, 0.5) is 8.78 Å². The summed E-state index contributed by atoms with van der Waals surface area (Å²) >= 11 is 1.04. The fourth-order valence-corrected chi connectivity index (χ4v) is 2.40. The number of alkyl halides is 2. The Hall–Kier alpha value is -1.82. The molecule has 0 fully saturated rings. The minimum Gasteiger partial charge on any atom is -0.477 e. The van der Waals surface area contributed by atoms with Crippen LogP contribution in [0.5, 0.6) is 0 Å². The molecule has 18 heavy (non-hydrogen) atoms. The number of nitrogens with zero attached hydrogens (tertiary/aromatic N) is 1. The van der Waals surface area contributed by atoms with E-state index in [1.54, 1.807) is 6.92 Å². The molecule has 0 saturated heterocycles. The Kier molecular flexibility index (Phi) is 3.38. The summed E-state index contributed by atoms with van der Waals surface area (Å²) in [4.78, 5) is 15.2. The van der Waals surface area contributed by atoms with E-state index < -0.39 is 12.4 Å². The molecule has 0 radical (unpaired) electrons. The molecule has 1 heterocycles. The number of rotatable bonds is 3. The molecule has 0 aliphatic carbocycles. The monoisotopic (exact) mass is 269 g/mol. The van der Waals surface area contributed by atoms with E-state index in [0.717, 1.165) is 11.3 Å². The lowest BCUT2D eigenvalue weighted by Gasteiger charge is -2.00. The van der Waals surface area contributed by atoms with Crippen LogP contribution in [0.25, 0.3) is 10.6 Å². The van der Waals surface area contributed by atoms with Crippen LogP contribution in [0.3, 0.4) is 0 Å². The zero-order valence-corrected chi connectivity index (χ0v) is 10.2. The van der Waals surface area contributed by atoms with Gasteiger partial charge in [0, 0.05) is 11.1 Å². The number of aromatic nitrogens is 1. The number of aryl methyl sites for hydroxylation is 1. The van der Waals surface area contributed by atoms with E-state index in [4.69, 9.17) is 5.11 Å². The number of aromatic carboxylic acids is 1. The van der Waals surface area contributed by atoms with Crippen LogP contribution in [-0.4, -0.2) is 16.1 Å². The third-order valence-electron chi connectivity index (χ3n) is 2.40. The van der Waals surface area contributed by atoms with Gasteiger partial charge in [-0.25, -0.2) is 18.6 Å². The van der Waals surface area contributed by atoms with E-state index in [-0.39, 0.29) is 10.4 Å². The quantitative estimate of drug-likeness (QED) is 0.923. The number of thiazole rings is 1. The molecule has 94 valence electrons. The van der Waals surface area contributed by atoms with Crippen molar-refractivity contribution in [3.05, 3.63) is 40.4 Å². The SMILES string of the molecule is Cc1nc(-c2ccc(C(F)F)cc2)sc1C(=O)O. The second-order valence-electron chi connectivity index (χ2n) is 3.66. The van der Waals surface area contributed by atoms with Crippen molar-refractivity contribution in [1.82, 2.24) is 4.98 Å². The van der Waals surface area contributed by atoms with E-state index in [2.05, 4.69) is 4.98 Å². The molecule has 2 rings (SSSR count). The van der Waals surface area contributed by atoms with Crippen LogP contribution in [0, 0.1) is 6.92 Å². The highest BCUT2D eigenvalue weighted by molar-refractivity contribution is 7.17. The Labute approximate surface area is 106 Å². The smallest absolute Gasteiger partial charge is 0.347 e. The van der Waals surface area contributed by atoms with Crippen molar-refractivity contribution in [2.24, 2.45) is 0 Å². The van der Waals surface area contributed by atoms with E-state index in [9.17, 15) is 13.6 Å². The van der Waals surface area contributed by atoms with Crippen LogP contribution in [0.15, 0.2) is 24.3 Å². The summed E-state index contributed by atoms with van der Waals surface area (Å²) in [6.45, 7) is 1.61. The number of hydrogen-bond acceptors (Lipinski definition) is 3. The van der Waals surface area contributed by atoms with Gasteiger partial charge in [0.05, 0.1) is 5.69 Å². The first-order valence-electron chi connectivity index (χ1n) is 5.08. The molecule has 0 aliphatic rings. The number of carboxylic acids is 1. The lowest BCUT2D eigenvalue weighted by Crippen LogP contribution is -1.94. The summed E-state index contributed by atoms with van der Waals surface area (Å²) in [5.74, 6) is -1.03. The predicted molar refractivity (Wildman–Crippen MR) is 64.2 cm³/mol. The zero-order valence-electron chi connectivity index (χ0n) is 9.35. The average molecular weight is 269 g/mol. The van der Waals surface area contributed by atoms with Crippen molar-refractivity contribution >= 4 is 17.3 Å². The molecule has 3 nitrogen and oxygen atoms in total. The Balaban J connectivity index is 2.37. The van der Waals surface area contributed by atoms with Crippen LogP contribution in [-0.2, 0) is 0 Å². The number of carboxylic acid groups (broad SMARTS) is 1. The molecule has 0 unspecified atom stereocenters. The topological polar surface area (TPSA) is 50.2 Å². The van der Waals surface area contributed by atoms with Gasteiger partial charge in [-0.3, -0.25) is 0 Å². The van der Waals surface area contributed by atoms with Gasteiger partial charge < -0.3 is 5.11 Å². The Morgan fingerprint density at radius 2 is 1.94 bits per heavy atom. The molecule has 0 amide bonds. The minimum atomic E-state index is -2.51. The maximum absolute atomic E-state index is 12.4. The molecule has 0 atom stereocenters. The van der Waals surface area contributed by atoms with Crippen LogP contribution in [0.1, 0.15) is 27.4 Å². The first-order valence-corrected chi connectivity index (χ1v) is 5.90. The largest absolute Gasteiger partial charge is 0.477 e. The minimum absolute atomic E-state index is 0.0644. The molecule has 0 spiro atoms. The predicted octanol–water partition coefficient (Wildman–Crippen LogP) is 3.75. The third-order valence-corrected chi connectivity index (χ3v) is 3.59. The second-order valence-corrected chi connectivity index (χ2v) is 4.66. The summed E-state index contributed by atoms with van der Waals surface area (Å²) in [5.41, 5.74) is 1.01. The highest BCUT2D eigenvalue weighted by atomic mass is 32.1. The maximum atomic E-state index is 12.4. The molecule has 1 N–H and O–H groups in total. The van der Waals surface area contributed by atoms with E-state index in [1.165, 1.54) is 24.3 Å². The summed E-state index contributed by atoms with van der Waals surface area (Å²) in [6, 6.07) is 5.67. The van der Waals surface area contributed by atoms with Crippen molar-refractivity contribution in [1.29, 1.82) is 0 Å². The highest BCUT2D eigenvalue weighted by Gasteiger charge is 2.15. The zero-order chi connectivity index (χ0) is 13.3. The molecular formula is C12H9F2NO2S. The van der Waals surface area contributed by atoms with Crippen molar-refractivity contribution < 1.29 is 18.7 Å². The van der Waals surface area contributed by atoms with Crippen LogP contribution in [0.2, 0.25) is 0 Å². The molecule has 0 saturated carbocycles. The summed E-state index contributed by atoms with van der Waals surface area (Å²) in [5, 5.41) is 9.43. The molecule has 6 heteroatoms. The van der Waals surface area contributed by atoms with Gasteiger partial charge in [0.2, 0.25) is 0 Å². The van der Waals surface area contributed by atoms with Crippen molar-refractivity contribution in [3.8, 4) is 10.6 Å². The highest BCUT2D eigenvalue weighted by Crippen LogP contribution is 2.29. The number of benzene rings is 1. The average Bonchev–Trinajstić information content (AvgIpc) is 2.71. The molecular weight excluding hydrogens is 260 g/mol. The molecule has 0 aliphatic heterocycles. The summed E-state index contributed by atoms with van der Waals surface area (Å²) in [6.07, 6.45) is -2.51. The Morgan fingerprint density at radius 1 is 1.33 bits per heavy atom. The van der Waals surface area contributed by atoms with Crippen molar-refractivity contribution in [3.63, 3.8) is 0 Å². The van der Waals surface area contributed by atoms with E-state index in [0.29, 0.717) is 16.3 Å². The number of hydrogen-bond donors (Lipinski definition) is 1. The lowest BCUT2D eigenvalue weighted by molar-refractivity contribution is 0.0701. The lowest BCUT2D eigenvalue weighted by atomic mass is 10.1. The number of carbonyl (C=O) groups is 1. The molecule has 1 aromatic heterocycles. The van der Waals surface area contributed by atoms with Crippen LogP contribution >= 0.6 is 11.3 Å².